The van der Waals surface area contributed by atoms with Crippen LogP contribution in [0.1, 0.15) is 0 Å². The number of β-lactam (4-membered cyclic amide) rings is 1. The van der Waals surface area contributed by atoms with Crippen LogP contribution in [0, 0.1) is 0 Å². The van der Waals surface area contributed by atoms with Crippen molar-refractivity contribution >= 4 is 23.6 Å². The van der Waals surface area contributed by atoms with Crippen LogP contribution in [0.2, 0.25) is 0 Å². The number of carbonyl (C=O) groups excluding carboxylic acids is 1. The molecule has 0 bridgehead atoms. The molecule has 0 aromatic carbocycles. The Hall–Kier alpha value is -1.05. The van der Waals surface area contributed by atoms with Gasteiger partial charge < -0.3 is 15.9 Å². The predicted octanol–water partition coefficient (Wildman–Crippen LogP) is -1.44. The van der Waals surface area contributed by atoms with Crippen LogP contribution in [0.5, 0.6) is 0 Å². The van der Waals surface area contributed by atoms with E-state index in [0.717, 1.165) is 4.90 Å². The number of aliphatic hydroxyl groups excluding tert-OH is 1. The fourth-order valence-corrected chi connectivity index (χ4v) is 2.98. The van der Waals surface area contributed by atoms with E-state index < -0.39 is 17.9 Å². The number of nitrogens with two attached hydrogens (primary N) is 1. The number of rotatable bonds is 2. The number of aliphatic hydroxyl groups is 1. The molecule has 2 unspecified atom stereocenters. The van der Waals surface area contributed by atoms with Crippen LogP contribution in [-0.4, -0.2) is 50.8 Å². The van der Waals surface area contributed by atoms with Gasteiger partial charge in [-0.25, -0.2) is 4.79 Å². The molecular weight excluding hydrogens is 220 g/mol. The lowest BCUT2D eigenvalue weighted by atomic mass is 10.0. The van der Waals surface area contributed by atoms with Gasteiger partial charge in [-0.1, -0.05) is 0 Å². The first-order valence-electron chi connectivity index (χ1n) is 4.34. The molecule has 0 aromatic rings. The Labute approximate surface area is 89.7 Å². The van der Waals surface area contributed by atoms with E-state index in [2.05, 4.69) is 0 Å². The van der Waals surface area contributed by atoms with E-state index in [-0.39, 0.29) is 17.7 Å². The Morgan fingerprint density at radius 2 is 2.33 bits per heavy atom. The maximum Gasteiger partial charge on any atom is 0.352 e. The van der Waals surface area contributed by atoms with Crippen LogP contribution in [-0.2, 0) is 9.59 Å². The molecule has 6 nitrogen and oxygen atoms in total. The zero-order chi connectivity index (χ0) is 11.2. The molecule has 82 valence electrons. The summed E-state index contributed by atoms with van der Waals surface area (Å²) in [6.45, 7) is -0.347. The number of aliphatic carboxylic acids is 1. The summed E-state index contributed by atoms with van der Waals surface area (Å²) < 4.78 is 0. The Morgan fingerprint density at radius 3 is 2.87 bits per heavy atom. The van der Waals surface area contributed by atoms with Gasteiger partial charge in [0, 0.05) is 5.75 Å². The van der Waals surface area contributed by atoms with Gasteiger partial charge in [0.25, 0.3) is 0 Å². The molecule has 0 saturated carbocycles. The van der Waals surface area contributed by atoms with Gasteiger partial charge in [-0.05, 0) is 5.57 Å². The number of carboxylic acid groups (broad SMARTS) is 1. The van der Waals surface area contributed by atoms with Crippen molar-refractivity contribution in [1.82, 2.24) is 4.90 Å². The number of carboxylic acids is 1. The monoisotopic (exact) mass is 230 g/mol. The van der Waals surface area contributed by atoms with Crippen LogP contribution < -0.4 is 5.73 Å². The molecule has 1 saturated heterocycles. The van der Waals surface area contributed by atoms with Gasteiger partial charge in [0.15, 0.2) is 0 Å². The topological polar surface area (TPSA) is 104 Å². The largest absolute Gasteiger partial charge is 0.477 e. The molecule has 2 rings (SSSR count). The van der Waals surface area contributed by atoms with E-state index in [1.807, 2.05) is 0 Å². The summed E-state index contributed by atoms with van der Waals surface area (Å²) >= 11 is 1.38. The van der Waals surface area contributed by atoms with Gasteiger partial charge >= 0.3 is 5.97 Å². The van der Waals surface area contributed by atoms with Crippen molar-refractivity contribution in [3.63, 3.8) is 0 Å². The first-order chi connectivity index (χ1) is 7.07. The van der Waals surface area contributed by atoms with Gasteiger partial charge in [0.05, 0.1) is 6.61 Å². The SMILES string of the molecule is NC1C(=O)N2C(C(=O)O)=C(CO)CSC12. The number of hydrogen-bond acceptors (Lipinski definition) is 5. The van der Waals surface area contributed by atoms with Crippen molar-refractivity contribution < 1.29 is 19.8 Å². The maximum atomic E-state index is 11.4. The molecule has 2 atom stereocenters. The van der Waals surface area contributed by atoms with Crippen LogP contribution in [0.3, 0.4) is 0 Å². The molecule has 2 aliphatic rings. The standard InChI is InChI=1S/C8H10N2O4S/c9-4-6(12)10-5(8(13)14)3(1-11)2-15-7(4)10/h4,7,11H,1-2,9H2,(H,13,14). The first-order valence-corrected chi connectivity index (χ1v) is 5.39. The van der Waals surface area contributed by atoms with Crippen molar-refractivity contribution in [2.75, 3.05) is 12.4 Å². The predicted molar refractivity (Wildman–Crippen MR) is 52.8 cm³/mol. The highest BCUT2D eigenvalue weighted by molar-refractivity contribution is 8.00. The van der Waals surface area contributed by atoms with Crippen LogP contribution in [0.4, 0.5) is 0 Å². The fourth-order valence-electron chi connectivity index (χ4n) is 1.70. The Morgan fingerprint density at radius 1 is 1.67 bits per heavy atom. The average molecular weight is 230 g/mol. The first kappa shape index (κ1) is 10.5. The van der Waals surface area contributed by atoms with E-state index in [9.17, 15) is 9.59 Å². The van der Waals surface area contributed by atoms with E-state index in [4.69, 9.17) is 15.9 Å². The number of thioether (sulfide) groups is 1. The second-order valence-electron chi connectivity index (χ2n) is 3.35. The minimum atomic E-state index is -1.19. The smallest absolute Gasteiger partial charge is 0.352 e. The molecule has 4 N–H and O–H groups in total. The van der Waals surface area contributed by atoms with Crippen LogP contribution in [0.25, 0.3) is 0 Å². The number of hydrogen-bond donors (Lipinski definition) is 3. The summed E-state index contributed by atoms with van der Waals surface area (Å²) in [4.78, 5) is 23.5. The molecule has 0 spiro atoms. The highest BCUT2D eigenvalue weighted by atomic mass is 32.2. The molecule has 7 heteroatoms. The molecule has 2 aliphatic heterocycles. The second-order valence-corrected chi connectivity index (χ2v) is 4.46. The minimum absolute atomic E-state index is 0.104. The van der Waals surface area contributed by atoms with E-state index in [1.54, 1.807) is 0 Å². The van der Waals surface area contributed by atoms with Gasteiger partial charge in [-0.3, -0.25) is 9.69 Å². The van der Waals surface area contributed by atoms with E-state index in [1.165, 1.54) is 11.8 Å². The number of fused-ring (bicyclic) bond motifs is 1. The molecule has 15 heavy (non-hydrogen) atoms. The Kier molecular flexibility index (Phi) is 2.45. The van der Waals surface area contributed by atoms with Crippen molar-refractivity contribution in [3.8, 4) is 0 Å². The minimum Gasteiger partial charge on any atom is -0.477 e. The lowest BCUT2D eigenvalue weighted by Crippen LogP contribution is -2.68. The van der Waals surface area contributed by atoms with Gasteiger partial charge in [-0.2, -0.15) is 0 Å². The zero-order valence-electron chi connectivity index (χ0n) is 7.71. The lowest BCUT2D eigenvalue weighted by molar-refractivity contribution is -0.148. The maximum absolute atomic E-state index is 11.4. The average Bonchev–Trinajstić information content (AvgIpc) is 2.25. The van der Waals surface area contributed by atoms with Crippen molar-refractivity contribution in [3.05, 3.63) is 11.3 Å². The molecule has 2 heterocycles. The van der Waals surface area contributed by atoms with E-state index in [0.29, 0.717) is 11.3 Å². The fraction of sp³-hybridized carbons (Fsp3) is 0.500. The number of carbonyl (C=O) groups is 2. The number of nitrogens with zero attached hydrogens (tertiary/aromatic N) is 1. The summed E-state index contributed by atoms with van der Waals surface area (Å²) in [5.41, 5.74) is 5.80. The summed E-state index contributed by atoms with van der Waals surface area (Å²) in [7, 11) is 0. The molecule has 0 aromatic heterocycles. The third kappa shape index (κ3) is 1.35. The van der Waals surface area contributed by atoms with Gasteiger partial charge in [0.1, 0.15) is 17.1 Å². The zero-order valence-corrected chi connectivity index (χ0v) is 8.53. The highest BCUT2D eigenvalue weighted by Crippen LogP contribution is 2.39. The van der Waals surface area contributed by atoms with Gasteiger partial charge in [-0.15, -0.1) is 11.8 Å². The normalized spacial score (nSPS) is 30.0. The lowest BCUT2D eigenvalue weighted by Gasteiger charge is -2.47. The summed E-state index contributed by atoms with van der Waals surface area (Å²) in [6.07, 6.45) is 0. The third-order valence-electron chi connectivity index (χ3n) is 2.48. The third-order valence-corrected chi connectivity index (χ3v) is 3.84. The summed E-state index contributed by atoms with van der Waals surface area (Å²) in [6, 6.07) is -0.621. The van der Waals surface area contributed by atoms with Crippen molar-refractivity contribution in [1.29, 1.82) is 0 Å². The summed E-state index contributed by atoms with van der Waals surface area (Å²) in [5, 5.41) is 17.6. The molecule has 0 radical (unpaired) electrons. The van der Waals surface area contributed by atoms with Crippen molar-refractivity contribution in [2.45, 2.75) is 11.4 Å². The summed E-state index contributed by atoms with van der Waals surface area (Å²) in [5.74, 6) is -1.18. The molecule has 0 aliphatic carbocycles. The second kappa shape index (κ2) is 3.51. The molecule has 1 amide bonds. The number of amides is 1. The van der Waals surface area contributed by atoms with E-state index >= 15 is 0 Å². The molecular formula is C8H10N2O4S. The molecule has 1 fully saturated rings. The quantitative estimate of drug-likeness (QED) is 0.502. The highest BCUT2D eigenvalue weighted by Gasteiger charge is 2.51. The van der Waals surface area contributed by atoms with Crippen molar-refractivity contribution in [2.24, 2.45) is 5.73 Å². The van der Waals surface area contributed by atoms with Crippen LogP contribution >= 0.6 is 11.8 Å². The Bertz CT molecular complexity index is 368. The van der Waals surface area contributed by atoms with Gasteiger partial charge in [0.2, 0.25) is 5.91 Å². The van der Waals surface area contributed by atoms with Crippen LogP contribution in [0.15, 0.2) is 11.3 Å². The Balaban J connectivity index is 2.38.